The summed E-state index contributed by atoms with van der Waals surface area (Å²) in [5.41, 5.74) is 1.34. The minimum Gasteiger partial charge on any atom is -0.496 e. The number of amides is 1. The number of benzene rings is 1. The number of halogens is 1. The van der Waals surface area contributed by atoms with Crippen LogP contribution < -0.4 is 20.5 Å². The van der Waals surface area contributed by atoms with E-state index in [9.17, 15) is 9.59 Å². The van der Waals surface area contributed by atoms with Gasteiger partial charge in [-0.05, 0) is 38.0 Å². The number of fused-ring (bicyclic) bond motifs is 1. The standard InChI is InChI=1S/C19H20BrN5O3S/c1-11-8-16(26)25-18(22-11)29-19(23-25)24-7-3-4-14(24)17(27)21-10-12-9-13(20)5-6-15(12)28-2/h5-6,8-9,14H,3-4,7,10H2,1-2H3,(H,21,27)/t14-/m0/s1. The van der Waals surface area contributed by atoms with Crippen LogP contribution in [-0.4, -0.2) is 40.2 Å². The van der Waals surface area contributed by atoms with E-state index >= 15 is 0 Å². The molecule has 1 atom stereocenters. The van der Waals surface area contributed by atoms with Gasteiger partial charge >= 0.3 is 0 Å². The molecular weight excluding hydrogens is 458 g/mol. The summed E-state index contributed by atoms with van der Waals surface area (Å²) in [6, 6.07) is 6.82. The van der Waals surface area contributed by atoms with E-state index in [4.69, 9.17) is 4.74 Å². The van der Waals surface area contributed by atoms with Gasteiger partial charge < -0.3 is 15.0 Å². The molecule has 1 aliphatic heterocycles. The highest BCUT2D eigenvalue weighted by Crippen LogP contribution is 2.29. The van der Waals surface area contributed by atoms with Crippen molar-refractivity contribution in [2.75, 3.05) is 18.6 Å². The van der Waals surface area contributed by atoms with Crippen LogP contribution in [0.1, 0.15) is 24.1 Å². The zero-order chi connectivity index (χ0) is 20.5. The van der Waals surface area contributed by atoms with Crippen LogP contribution in [0.2, 0.25) is 0 Å². The Morgan fingerprint density at radius 3 is 3.03 bits per heavy atom. The molecule has 0 unspecified atom stereocenters. The first-order valence-electron chi connectivity index (χ1n) is 9.20. The molecule has 0 spiro atoms. The molecular formula is C19H20BrN5O3S. The van der Waals surface area contributed by atoms with E-state index in [2.05, 4.69) is 31.3 Å². The molecule has 3 heterocycles. The highest BCUT2D eigenvalue weighted by molar-refractivity contribution is 9.10. The number of methoxy groups -OCH3 is 1. The molecule has 1 aliphatic rings. The van der Waals surface area contributed by atoms with Gasteiger partial charge in [-0.15, -0.1) is 5.10 Å². The Balaban J connectivity index is 1.53. The van der Waals surface area contributed by atoms with E-state index in [0.29, 0.717) is 28.9 Å². The number of carbonyl (C=O) groups is 1. The Hall–Kier alpha value is -2.46. The molecule has 3 aromatic rings. The van der Waals surface area contributed by atoms with Gasteiger partial charge in [-0.25, -0.2) is 4.98 Å². The number of hydrogen-bond acceptors (Lipinski definition) is 7. The summed E-state index contributed by atoms with van der Waals surface area (Å²) in [7, 11) is 1.61. The van der Waals surface area contributed by atoms with Crippen molar-refractivity contribution in [3.8, 4) is 5.75 Å². The van der Waals surface area contributed by atoms with Crippen LogP contribution in [0.3, 0.4) is 0 Å². The lowest BCUT2D eigenvalue weighted by Crippen LogP contribution is -2.43. The third-order valence-corrected chi connectivity index (χ3v) is 6.30. The van der Waals surface area contributed by atoms with Crippen LogP contribution >= 0.6 is 27.3 Å². The summed E-state index contributed by atoms with van der Waals surface area (Å²) in [5, 5.41) is 8.05. The van der Waals surface area contributed by atoms with Crippen molar-refractivity contribution >= 4 is 43.3 Å². The van der Waals surface area contributed by atoms with Crippen molar-refractivity contribution in [3.63, 3.8) is 0 Å². The molecule has 2 aromatic heterocycles. The summed E-state index contributed by atoms with van der Waals surface area (Å²) in [5.74, 6) is 0.657. The fourth-order valence-corrected chi connectivity index (χ4v) is 4.92. The number of rotatable bonds is 5. The third-order valence-electron chi connectivity index (χ3n) is 4.86. The molecule has 0 saturated carbocycles. The van der Waals surface area contributed by atoms with Gasteiger partial charge in [0.25, 0.3) is 5.56 Å². The molecule has 4 rings (SSSR count). The Morgan fingerprint density at radius 1 is 1.41 bits per heavy atom. The van der Waals surface area contributed by atoms with Gasteiger partial charge in [0.15, 0.2) is 0 Å². The minimum atomic E-state index is -0.328. The van der Waals surface area contributed by atoms with Crippen molar-refractivity contribution in [1.29, 1.82) is 0 Å². The topological polar surface area (TPSA) is 88.8 Å². The van der Waals surface area contributed by atoms with Crippen LogP contribution in [-0.2, 0) is 11.3 Å². The van der Waals surface area contributed by atoms with E-state index in [1.165, 1.54) is 21.9 Å². The molecule has 8 nitrogen and oxygen atoms in total. The van der Waals surface area contributed by atoms with Gasteiger partial charge in [0.05, 0.1) is 7.11 Å². The number of nitrogens with zero attached hydrogens (tertiary/aromatic N) is 4. The van der Waals surface area contributed by atoms with Crippen LogP contribution in [0.25, 0.3) is 4.96 Å². The van der Waals surface area contributed by atoms with E-state index in [1.54, 1.807) is 14.0 Å². The first-order valence-corrected chi connectivity index (χ1v) is 10.8. The molecule has 1 fully saturated rings. The summed E-state index contributed by atoms with van der Waals surface area (Å²) in [4.78, 5) is 31.9. The Bertz CT molecular complexity index is 1130. The Kier molecular flexibility index (Phi) is 5.55. The lowest BCUT2D eigenvalue weighted by Gasteiger charge is -2.22. The van der Waals surface area contributed by atoms with Crippen molar-refractivity contribution < 1.29 is 9.53 Å². The molecule has 1 aromatic carbocycles. The van der Waals surface area contributed by atoms with Gasteiger partial charge in [0.1, 0.15) is 11.8 Å². The molecule has 1 N–H and O–H groups in total. The summed E-state index contributed by atoms with van der Waals surface area (Å²) in [6.07, 6.45) is 1.62. The van der Waals surface area contributed by atoms with Crippen LogP contribution in [0.15, 0.2) is 33.5 Å². The third kappa shape index (κ3) is 3.99. The molecule has 0 radical (unpaired) electrons. The van der Waals surface area contributed by atoms with Gasteiger partial charge in [-0.1, -0.05) is 27.3 Å². The van der Waals surface area contributed by atoms with Gasteiger partial charge in [0.2, 0.25) is 16.0 Å². The molecule has 29 heavy (non-hydrogen) atoms. The van der Waals surface area contributed by atoms with Crippen molar-refractivity contribution in [1.82, 2.24) is 19.9 Å². The summed E-state index contributed by atoms with van der Waals surface area (Å²) < 4.78 is 7.59. The second kappa shape index (κ2) is 8.11. The van der Waals surface area contributed by atoms with Gasteiger partial charge in [-0.3, -0.25) is 9.59 Å². The monoisotopic (exact) mass is 477 g/mol. The summed E-state index contributed by atoms with van der Waals surface area (Å²) in [6.45, 7) is 2.86. The molecule has 10 heteroatoms. The van der Waals surface area contributed by atoms with Crippen molar-refractivity contribution in [2.24, 2.45) is 0 Å². The number of anilines is 1. The zero-order valence-electron chi connectivity index (χ0n) is 16.0. The maximum Gasteiger partial charge on any atom is 0.275 e. The van der Waals surface area contributed by atoms with E-state index in [0.717, 1.165) is 28.6 Å². The fraction of sp³-hybridized carbons (Fsp3) is 0.368. The lowest BCUT2D eigenvalue weighted by atomic mass is 10.1. The van der Waals surface area contributed by atoms with Gasteiger partial charge in [-0.2, -0.15) is 4.52 Å². The number of aromatic nitrogens is 3. The Labute approximate surface area is 179 Å². The number of carbonyl (C=O) groups excluding carboxylic acids is 1. The normalized spacial score (nSPS) is 16.4. The molecule has 0 bridgehead atoms. The van der Waals surface area contributed by atoms with Crippen LogP contribution in [0.5, 0.6) is 5.75 Å². The Morgan fingerprint density at radius 2 is 2.24 bits per heavy atom. The highest BCUT2D eigenvalue weighted by atomic mass is 79.9. The van der Waals surface area contributed by atoms with E-state index < -0.39 is 0 Å². The SMILES string of the molecule is COc1ccc(Br)cc1CNC(=O)[C@@H]1CCCN1c1nn2c(=O)cc(C)nc2s1. The largest absolute Gasteiger partial charge is 0.496 e. The smallest absolute Gasteiger partial charge is 0.275 e. The molecule has 0 aliphatic carbocycles. The summed E-state index contributed by atoms with van der Waals surface area (Å²) >= 11 is 4.78. The molecule has 152 valence electrons. The van der Waals surface area contributed by atoms with Crippen LogP contribution in [0, 0.1) is 6.92 Å². The average molecular weight is 478 g/mol. The van der Waals surface area contributed by atoms with E-state index in [1.807, 2.05) is 23.1 Å². The maximum absolute atomic E-state index is 12.9. The zero-order valence-corrected chi connectivity index (χ0v) is 18.4. The van der Waals surface area contributed by atoms with E-state index in [-0.39, 0.29) is 17.5 Å². The molecule has 1 saturated heterocycles. The maximum atomic E-state index is 12.9. The van der Waals surface area contributed by atoms with Gasteiger partial charge in [0, 0.05) is 34.9 Å². The quantitative estimate of drug-likeness (QED) is 0.607. The number of hydrogen-bond donors (Lipinski definition) is 1. The predicted molar refractivity (Wildman–Crippen MR) is 115 cm³/mol. The molecule has 1 amide bonds. The minimum absolute atomic E-state index is 0.0692. The first-order chi connectivity index (χ1) is 14.0. The van der Waals surface area contributed by atoms with Crippen molar-refractivity contribution in [2.45, 2.75) is 32.4 Å². The number of ether oxygens (including phenoxy) is 1. The van der Waals surface area contributed by atoms with Crippen LogP contribution in [0.4, 0.5) is 5.13 Å². The lowest BCUT2D eigenvalue weighted by molar-refractivity contribution is -0.122. The number of nitrogens with one attached hydrogen (secondary N) is 1. The van der Waals surface area contributed by atoms with Crippen molar-refractivity contribution in [3.05, 3.63) is 50.3 Å². The average Bonchev–Trinajstić information content (AvgIpc) is 3.33. The first kappa shape index (κ1) is 19.8. The number of aryl methyl sites for hydroxylation is 1. The predicted octanol–water partition coefficient (Wildman–Crippen LogP) is 2.52. The fourth-order valence-electron chi connectivity index (χ4n) is 3.48. The second-order valence-corrected chi connectivity index (χ2v) is 8.69. The highest BCUT2D eigenvalue weighted by Gasteiger charge is 2.33. The second-order valence-electron chi connectivity index (χ2n) is 6.84.